The Balaban J connectivity index is 0.00000256. The molecule has 0 fully saturated rings. The van der Waals surface area contributed by atoms with E-state index in [1.807, 2.05) is 0 Å². The van der Waals surface area contributed by atoms with Crippen molar-refractivity contribution in [3.05, 3.63) is 20.8 Å². The molecule has 0 aliphatic rings. The zero-order valence-corrected chi connectivity index (χ0v) is 13.8. The summed E-state index contributed by atoms with van der Waals surface area (Å²) in [5, 5.41) is 5.56. The smallest absolute Gasteiger partial charge is 0.0617 e. The van der Waals surface area contributed by atoms with Crippen LogP contribution in [0.15, 0.2) is 15.9 Å². The molecule has 0 saturated carbocycles. The molecule has 1 atom stereocenters. The van der Waals surface area contributed by atoms with Crippen molar-refractivity contribution in [1.29, 1.82) is 0 Å². The Morgan fingerprint density at radius 3 is 2.59 bits per heavy atom. The summed E-state index contributed by atoms with van der Waals surface area (Å²) >= 11 is 5.23. The van der Waals surface area contributed by atoms with Crippen LogP contribution in [0.25, 0.3) is 0 Å². The highest BCUT2D eigenvalue weighted by molar-refractivity contribution is 9.10. The molecule has 1 N–H and O–H groups in total. The van der Waals surface area contributed by atoms with E-state index in [1.54, 1.807) is 11.3 Å². The minimum absolute atomic E-state index is 0. The largest absolute Gasteiger partial charge is 0.380 e. The summed E-state index contributed by atoms with van der Waals surface area (Å²) < 4.78 is 6.75. The van der Waals surface area contributed by atoms with Crippen LogP contribution in [0.3, 0.4) is 0 Å². The van der Waals surface area contributed by atoms with E-state index in [0.29, 0.717) is 12.0 Å². The number of halogens is 2. The average Bonchev–Trinajstić information content (AvgIpc) is 2.61. The summed E-state index contributed by atoms with van der Waals surface area (Å²) in [5.41, 5.74) is 0. The molecule has 0 bridgehead atoms. The molecule has 0 saturated heterocycles. The van der Waals surface area contributed by atoms with Gasteiger partial charge in [-0.1, -0.05) is 13.8 Å². The van der Waals surface area contributed by atoms with Crippen molar-refractivity contribution in [3.63, 3.8) is 0 Å². The highest BCUT2D eigenvalue weighted by Crippen LogP contribution is 2.19. The minimum Gasteiger partial charge on any atom is -0.380 e. The van der Waals surface area contributed by atoms with Crippen LogP contribution in [-0.4, -0.2) is 19.3 Å². The first-order valence-corrected chi connectivity index (χ1v) is 7.29. The molecule has 17 heavy (non-hydrogen) atoms. The average molecular weight is 343 g/mol. The number of rotatable bonds is 7. The van der Waals surface area contributed by atoms with Gasteiger partial charge in [-0.15, -0.1) is 23.7 Å². The molecule has 1 heterocycles. The van der Waals surface area contributed by atoms with Gasteiger partial charge < -0.3 is 10.1 Å². The van der Waals surface area contributed by atoms with Gasteiger partial charge in [0.05, 0.1) is 6.61 Å². The van der Waals surface area contributed by atoms with Crippen LogP contribution >= 0.6 is 39.7 Å². The lowest BCUT2D eigenvalue weighted by Gasteiger charge is -2.14. The maximum absolute atomic E-state index is 5.58. The number of hydrogen-bond donors (Lipinski definition) is 1. The first-order valence-electron chi connectivity index (χ1n) is 5.62. The molecule has 5 heteroatoms. The highest BCUT2D eigenvalue weighted by Gasteiger charge is 2.04. The van der Waals surface area contributed by atoms with Crippen molar-refractivity contribution < 1.29 is 4.74 Å². The summed E-state index contributed by atoms with van der Waals surface area (Å²) in [6.07, 6.45) is 0. The Labute approximate surface area is 123 Å². The first kappa shape index (κ1) is 17.4. The van der Waals surface area contributed by atoms with Gasteiger partial charge in [0.1, 0.15) is 0 Å². The summed E-state index contributed by atoms with van der Waals surface area (Å²) in [5.74, 6) is 0.612. The third-order valence-electron chi connectivity index (χ3n) is 2.07. The van der Waals surface area contributed by atoms with Crippen LogP contribution < -0.4 is 5.32 Å². The normalized spacial score (nSPS) is 12.5. The third-order valence-corrected chi connectivity index (χ3v) is 3.76. The Morgan fingerprint density at radius 2 is 2.06 bits per heavy atom. The van der Waals surface area contributed by atoms with Crippen LogP contribution in [0, 0.1) is 5.92 Å². The Kier molecular flexibility index (Phi) is 9.55. The zero-order valence-electron chi connectivity index (χ0n) is 10.5. The molecule has 1 unspecified atom stereocenters. The summed E-state index contributed by atoms with van der Waals surface area (Å²) in [6.45, 7) is 9.04. The standard InChI is InChI=1S/C12H20BrNOS.ClH/c1-9(2)6-15-7-10(3)14-5-12-4-11(13)8-16-12;/h4,8-10,14H,5-7H2,1-3H3;1H. The van der Waals surface area contributed by atoms with Gasteiger partial charge in [-0.2, -0.15) is 0 Å². The molecule has 1 rings (SSSR count). The molecule has 0 aliphatic carbocycles. The van der Waals surface area contributed by atoms with Crippen LogP contribution in [0.1, 0.15) is 25.6 Å². The molecule has 100 valence electrons. The number of ether oxygens (including phenoxy) is 1. The molecule has 0 amide bonds. The summed E-state index contributed by atoms with van der Waals surface area (Å²) in [4.78, 5) is 1.35. The van der Waals surface area contributed by atoms with E-state index in [0.717, 1.165) is 24.2 Å². The molecule has 1 aromatic heterocycles. The lowest BCUT2D eigenvalue weighted by molar-refractivity contribution is 0.0936. The van der Waals surface area contributed by atoms with E-state index in [9.17, 15) is 0 Å². The number of hydrogen-bond acceptors (Lipinski definition) is 3. The second-order valence-corrected chi connectivity index (χ2v) is 6.36. The van der Waals surface area contributed by atoms with E-state index in [2.05, 4.69) is 53.5 Å². The lowest BCUT2D eigenvalue weighted by Crippen LogP contribution is -2.30. The fourth-order valence-electron chi connectivity index (χ4n) is 1.26. The van der Waals surface area contributed by atoms with Gasteiger partial charge in [-0.3, -0.25) is 0 Å². The maximum Gasteiger partial charge on any atom is 0.0617 e. The predicted octanol–water partition coefficient (Wildman–Crippen LogP) is 4.08. The predicted molar refractivity (Wildman–Crippen MR) is 81.2 cm³/mol. The van der Waals surface area contributed by atoms with E-state index in [-0.39, 0.29) is 12.4 Å². The van der Waals surface area contributed by atoms with Crippen molar-refractivity contribution in [3.8, 4) is 0 Å². The van der Waals surface area contributed by atoms with Crippen molar-refractivity contribution in [1.82, 2.24) is 5.32 Å². The van der Waals surface area contributed by atoms with Crippen molar-refractivity contribution >= 4 is 39.7 Å². The number of thiophene rings is 1. The lowest BCUT2D eigenvalue weighted by atomic mass is 10.2. The van der Waals surface area contributed by atoms with Crippen LogP contribution in [-0.2, 0) is 11.3 Å². The van der Waals surface area contributed by atoms with E-state index >= 15 is 0 Å². The van der Waals surface area contributed by atoms with Gasteiger partial charge in [0.15, 0.2) is 0 Å². The van der Waals surface area contributed by atoms with Gasteiger partial charge in [-0.25, -0.2) is 0 Å². The second kappa shape index (κ2) is 9.34. The molecule has 1 aromatic rings. The van der Waals surface area contributed by atoms with Crippen LogP contribution in [0.5, 0.6) is 0 Å². The van der Waals surface area contributed by atoms with E-state index in [1.165, 1.54) is 4.88 Å². The Bertz CT molecular complexity index is 306. The van der Waals surface area contributed by atoms with Crippen LogP contribution in [0.4, 0.5) is 0 Å². The topological polar surface area (TPSA) is 21.3 Å². The summed E-state index contributed by atoms with van der Waals surface area (Å²) in [7, 11) is 0. The van der Waals surface area contributed by atoms with Crippen molar-refractivity contribution in [2.24, 2.45) is 5.92 Å². The molecule has 2 nitrogen and oxygen atoms in total. The van der Waals surface area contributed by atoms with Crippen molar-refractivity contribution in [2.75, 3.05) is 13.2 Å². The first-order chi connectivity index (χ1) is 7.58. The highest BCUT2D eigenvalue weighted by atomic mass is 79.9. The molecule has 0 radical (unpaired) electrons. The van der Waals surface area contributed by atoms with Gasteiger partial charge in [0.25, 0.3) is 0 Å². The monoisotopic (exact) mass is 341 g/mol. The second-order valence-electron chi connectivity index (χ2n) is 4.44. The fourth-order valence-corrected chi connectivity index (χ4v) is 2.66. The molecule has 0 aromatic carbocycles. The van der Waals surface area contributed by atoms with Gasteiger partial charge >= 0.3 is 0 Å². The quantitative estimate of drug-likeness (QED) is 0.806. The molecular formula is C12H21BrClNOS. The Morgan fingerprint density at radius 1 is 1.35 bits per heavy atom. The van der Waals surface area contributed by atoms with Gasteiger partial charge in [0.2, 0.25) is 0 Å². The molecule has 0 spiro atoms. The fraction of sp³-hybridized carbons (Fsp3) is 0.667. The Hall–Kier alpha value is 0.390. The number of nitrogens with one attached hydrogen (secondary N) is 1. The van der Waals surface area contributed by atoms with Gasteiger partial charge in [0, 0.05) is 33.9 Å². The van der Waals surface area contributed by atoms with E-state index < -0.39 is 0 Å². The minimum atomic E-state index is 0. The molecule has 0 aliphatic heterocycles. The van der Waals surface area contributed by atoms with Gasteiger partial charge in [-0.05, 0) is 34.8 Å². The zero-order chi connectivity index (χ0) is 12.0. The summed E-state index contributed by atoms with van der Waals surface area (Å²) in [6, 6.07) is 2.55. The van der Waals surface area contributed by atoms with Crippen LogP contribution in [0.2, 0.25) is 0 Å². The van der Waals surface area contributed by atoms with E-state index in [4.69, 9.17) is 4.74 Å². The molecular weight excluding hydrogens is 322 g/mol. The third kappa shape index (κ3) is 8.16. The van der Waals surface area contributed by atoms with Crippen molar-refractivity contribution in [2.45, 2.75) is 33.4 Å². The SMILES string of the molecule is CC(C)COCC(C)NCc1cc(Br)cs1.Cl. The maximum atomic E-state index is 5.58.